The standard InChI is InChI=1S/C18H22N4O2/c1-4-12(2)20-18(24)14-9-17(11-19-10-14)22-16-7-5-15(6-8-16)21-13(3)23/h5-12,22H,4H2,1-3H3,(H,20,24)(H,21,23). The van der Waals surface area contributed by atoms with E-state index in [1.807, 2.05) is 26.0 Å². The smallest absolute Gasteiger partial charge is 0.253 e. The number of rotatable bonds is 6. The molecule has 0 aliphatic heterocycles. The molecule has 2 rings (SSSR count). The summed E-state index contributed by atoms with van der Waals surface area (Å²) in [5.74, 6) is -0.249. The Balaban J connectivity index is 2.06. The molecule has 6 nitrogen and oxygen atoms in total. The van der Waals surface area contributed by atoms with E-state index in [1.54, 1.807) is 30.6 Å². The first kappa shape index (κ1) is 17.5. The summed E-state index contributed by atoms with van der Waals surface area (Å²) < 4.78 is 0. The monoisotopic (exact) mass is 326 g/mol. The molecule has 2 amide bonds. The molecule has 1 unspecified atom stereocenters. The lowest BCUT2D eigenvalue weighted by Crippen LogP contribution is -2.31. The summed E-state index contributed by atoms with van der Waals surface area (Å²) in [6, 6.07) is 9.17. The summed E-state index contributed by atoms with van der Waals surface area (Å²) in [5.41, 5.74) is 2.80. The maximum absolute atomic E-state index is 12.1. The molecule has 1 atom stereocenters. The maximum atomic E-state index is 12.1. The second kappa shape index (κ2) is 8.10. The van der Waals surface area contributed by atoms with E-state index in [1.165, 1.54) is 6.92 Å². The van der Waals surface area contributed by atoms with Crippen molar-refractivity contribution >= 4 is 28.9 Å². The molecule has 0 fully saturated rings. The third-order valence-electron chi connectivity index (χ3n) is 3.48. The highest BCUT2D eigenvalue weighted by Crippen LogP contribution is 2.19. The van der Waals surface area contributed by atoms with Crippen molar-refractivity contribution in [3.63, 3.8) is 0 Å². The topological polar surface area (TPSA) is 83.1 Å². The van der Waals surface area contributed by atoms with E-state index >= 15 is 0 Å². The van der Waals surface area contributed by atoms with Crippen LogP contribution in [0.1, 0.15) is 37.6 Å². The molecule has 1 aromatic carbocycles. The molecule has 0 radical (unpaired) electrons. The third kappa shape index (κ3) is 5.08. The number of benzene rings is 1. The Morgan fingerprint density at radius 3 is 2.38 bits per heavy atom. The molecule has 126 valence electrons. The second-order valence-corrected chi connectivity index (χ2v) is 5.63. The first-order valence-electron chi connectivity index (χ1n) is 7.88. The Labute approximate surface area is 141 Å². The van der Waals surface area contributed by atoms with Crippen LogP contribution in [0.3, 0.4) is 0 Å². The lowest BCUT2D eigenvalue weighted by molar-refractivity contribution is -0.114. The van der Waals surface area contributed by atoms with E-state index in [9.17, 15) is 9.59 Å². The fraction of sp³-hybridized carbons (Fsp3) is 0.278. The molecule has 0 saturated carbocycles. The van der Waals surface area contributed by atoms with Crippen LogP contribution < -0.4 is 16.0 Å². The number of amides is 2. The van der Waals surface area contributed by atoms with Crippen LogP contribution in [0.5, 0.6) is 0 Å². The third-order valence-corrected chi connectivity index (χ3v) is 3.48. The van der Waals surface area contributed by atoms with Gasteiger partial charge in [-0.05, 0) is 43.7 Å². The Hall–Kier alpha value is -2.89. The summed E-state index contributed by atoms with van der Waals surface area (Å²) in [6.07, 6.45) is 4.07. The van der Waals surface area contributed by atoms with Crippen molar-refractivity contribution in [2.75, 3.05) is 10.6 Å². The molecule has 0 spiro atoms. The lowest BCUT2D eigenvalue weighted by Gasteiger charge is -2.12. The van der Waals surface area contributed by atoms with Gasteiger partial charge in [0, 0.05) is 30.5 Å². The van der Waals surface area contributed by atoms with E-state index in [4.69, 9.17) is 0 Å². The van der Waals surface area contributed by atoms with Crippen LogP contribution in [0.15, 0.2) is 42.7 Å². The Bertz CT molecular complexity index is 713. The van der Waals surface area contributed by atoms with Gasteiger partial charge in [0.1, 0.15) is 0 Å². The molecular weight excluding hydrogens is 304 g/mol. The number of hydrogen-bond acceptors (Lipinski definition) is 4. The van der Waals surface area contributed by atoms with E-state index in [-0.39, 0.29) is 17.9 Å². The van der Waals surface area contributed by atoms with Crippen LogP contribution in [0, 0.1) is 0 Å². The summed E-state index contributed by atoms with van der Waals surface area (Å²) in [5, 5.41) is 8.82. The number of aromatic nitrogens is 1. The van der Waals surface area contributed by atoms with Gasteiger partial charge in [0.25, 0.3) is 5.91 Å². The predicted octanol–water partition coefficient (Wildman–Crippen LogP) is 3.31. The van der Waals surface area contributed by atoms with Crippen LogP contribution >= 0.6 is 0 Å². The van der Waals surface area contributed by atoms with Crippen molar-refractivity contribution in [3.8, 4) is 0 Å². The average Bonchev–Trinajstić information content (AvgIpc) is 2.56. The number of carbonyl (C=O) groups is 2. The molecule has 0 aliphatic rings. The average molecular weight is 326 g/mol. The highest BCUT2D eigenvalue weighted by atomic mass is 16.2. The van der Waals surface area contributed by atoms with Crippen molar-refractivity contribution in [1.82, 2.24) is 10.3 Å². The number of carbonyl (C=O) groups excluding carboxylic acids is 2. The van der Waals surface area contributed by atoms with Gasteiger partial charge in [0.05, 0.1) is 17.4 Å². The number of pyridine rings is 1. The molecule has 0 aliphatic carbocycles. The van der Waals surface area contributed by atoms with Gasteiger partial charge in [0.2, 0.25) is 5.91 Å². The molecule has 24 heavy (non-hydrogen) atoms. The van der Waals surface area contributed by atoms with E-state index < -0.39 is 0 Å². The maximum Gasteiger partial charge on any atom is 0.253 e. The Morgan fingerprint density at radius 2 is 1.75 bits per heavy atom. The van der Waals surface area contributed by atoms with Crippen LogP contribution in [-0.2, 0) is 4.79 Å². The fourth-order valence-electron chi connectivity index (χ4n) is 2.05. The van der Waals surface area contributed by atoms with Gasteiger partial charge in [-0.2, -0.15) is 0 Å². The summed E-state index contributed by atoms with van der Waals surface area (Å²) in [7, 11) is 0. The molecule has 1 aromatic heterocycles. The minimum absolute atomic E-state index is 0.111. The zero-order valence-corrected chi connectivity index (χ0v) is 14.1. The predicted molar refractivity (Wildman–Crippen MR) is 95.5 cm³/mol. The quantitative estimate of drug-likeness (QED) is 0.760. The minimum atomic E-state index is -0.137. The summed E-state index contributed by atoms with van der Waals surface area (Å²) >= 11 is 0. The van der Waals surface area contributed by atoms with Crippen LogP contribution in [-0.4, -0.2) is 22.8 Å². The van der Waals surface area contributed by atoms with Gasteiger partial charge in [-0.25, -0.2) is 0 Å². The van der Waals surface area contributed by atoms with Crippen molar-refractivity contribution in [2.45, 2.75) is 33.2 Å². The molecule has 0 bridgehead atoms. The van der Waals surface area contributed by atoms with Crippen LogP contribution in [0.2, 0.25) is 0 Å². The zero-order valence-electron chi connectivity index (χ0n) is 14.1. The van der Waals surface area contributed by atoms with Crippen molar-refractivity contribution < 1.29 is 9.59 Å². The molecule has 6 heteroatoms. The lowest BCUT2D eigenvalue weighted by atomic mass is 10.2. The number of hydrogen-bond donors (Lipinski definition) is 3. The molecule has 3 N–H and O–H groups in total. The number of nitrogens with one attached hydrogen (secondary N) is 3. The van der Waals surface area contributed by atoms with E-state index in [0.29, 0.717) is 5.56 Å². The summed E-state index contributed by atoms with van der Waals surface area (Å²) in [4.78, 5) is 27.3. The van der Waals surface area contributed by atoms with Crippen molar-refractivity contribution in [3.05, 3.63) is 48.3 Å². The van der Waals surface area contributed by atoms with Gasteiger partial charge >= 0.3 is 0 Å². The van der Waals surface area contributed by atoms with Crippen LogP contribution in [0.25, 0.3) is 0 Å². The number of anilines is 3. The van der Waals surface area contributed by atoms with Gasteiger partial charge in [-0.1, -0.05) is 6.92 Å². The Morgan fingerprint density at radius 1 is 1.08 bits per heavy atom. The number of nitrogens with zero attached hydrogens (tertiary/aromatic N) is 1. The van der Waals surface area contributed by atoms with Crippen molar-refractivity contribution in [2.24, 2.45) is 0 Å². The first-order chi connectivity index (χ1) is 11.5. The highest BCUT2D eigenvalue weighted by Gasteiger charge is 2.09. The van der Waals surface area contributed by atoms with Gasteiger partial charge in [-0.3, -0.25) is 14.6 Å². The largest absolute Gasteiger partial charge is 0.354 e. The van der Waals surface area contributed by atoms with Crippen LogP contribution in [0.4, 0.5) is 17.1 Å². The van der Waals surface area contributed by atoms with E-state index in [2.05, 4.69) is 20.9 Å². The SMILES string of the molecule is CCC(C)NC(=O)c1cncc(Nc2ccc(NC(C)=O)cc2)c1. The van der Waals surface area contributed by atoms with E-state index in [0.717, 1.165) is 23.5 Å². The molecule has 1 heterocycles. The van der Waals surface area contributed by atoms with Gasteiger partial charge < -0.3 is 16.0 Å². The zero-order chi connectivity index (χ0) is 17.5. The van der Waals surface area contributed by atoms with Gasteiger partial charge in [0.15, 0.2) is 0 Å². The Kier molecular flexibility index (Phi) is 5.89. The van der Waals surface area contributed by atoms with Gasteiger partial charge in [-0.15, -0.1) is 0 Å². The molecule has 2 aromatic rings. The molecular formula is C18H22N4O2. The normalized spacial score (nSPS) is 11.5. The fourth-order valence-corrected chi connectivity index (χ4v) is 2.05. The molecule has 0 saturated heterocycles. The minimum Gasteiger partial charge on any atom is -0.354 e. The summed E-state index contributed by atoms with van der Waals surface area (Å²) in [6.45, 7) is 5.45. The van der Waals surface area contributed by atoms with Crippen molar-refractivity contribution in [1.29, 1.82) is 0 Å². The highest BCUT2D eigenvalue weighted by molar-refractivity contribution is 5.95. The first-order valence-corrected chi connectivity index (χ1v) is 7.88. The second-order valence-electron chi connectivity index (χ2n) is 5.63.